The zero-order chi connectivity index (χ0) is 13.9. The van der Waals surface area contributed by atoms with Crippen LogP contribution in [0.15, 0.2) is 0 Å². The summed E-state index contributed by atoms with van der Waals surface area (Å²) in [6.07, 6.45) is 1.78. The zero-order valence-corrected chi connectivity index (χ0v) is 12.7. The van der Waals surface area contributed by atoms with E-state index >= 15 is 0 Å². The van der Waals surface area contributed by atoms with Crippen molar-refractivity contribution in [2.45, 2.75) is 46.1 Å². The lowest BCUT2D eigenvalue weighted by Crippen LogP contribution is -2.59. The van der Waals surface area contributed by atoms with Gasteiger partial charge in [-0.05, 0) is 26.9 Å². The second-order valence-electron chi connectivity index (χ2n) is 3.71. The van der Waals surface area contributed by atoms with Gasteiger partial charge in [0, 0.05) is 20.1 Å². The maximum Gasteiger partial charge on any atom is 0.240 e. The van der Waals surface area contributed by atoms with Crippen molar-refractivity contribution in [3.63, 3.8) is 0 Å². The number of nitrogens with zero attached hydrogens (tertiary/aromatic N) is 1. The van der Waals surface area contributed by atoms with Gasteiger partial charge in [-0.2, -0.15) is 0 Å². The fraction of sp³-hybridized carbons (Fsp3) is 0.923. The smallest absolute Gasteiger partial charge is 0.240 e. The molecule has 104 valence electrons. The van der Waals surface area contributed by atoms with E-state index in [1.165, 1.54) is 0 Å². The Balaban J connectivity index is 0. The second kappa shape index (κ2) is 10.5. The third kappa shape index (κ3) is 5.50. The van der Waals surface area contributed by atoms with Crippen LogP contribution in [-0.2, 0) is 4.79 Å². The van der Waals surface area contributed by atoms with Crippen LogP contribution in [0.5, 0.6) is 0 Å². The van der Waals surface area contributed by atoms with Gasteiger partial charge >= 0.3 is 0 Å². The lowest BCUT2D eigenvalue weighted by Gasteiger charge is -2.38. The Morgan fingerprint density at radius 3 is 1.76 bits per heavy atom. The van der Waals surface area contributed by atoms with Gasteiger partial charge in [-0.15, -0.1) is 0 Å². The lowest BCUT2D eigenvalue weighted by molar-refractivity contribution is -0.128. The Kier molecular flexibility index (Phi) is 11.6. The predicted octanol–water partition coefficient (Wildman–Crippen LogP) is 1.47. The number of likely N-dealkylation sites (N-methyl/N-ethyl adjacent to an activating group) is 2. The molecule has 0 bridgehead atoms. The topological polar surface area (TPSA) is 44.4 Å². The van der Waals surface area contributed by atoms with Gasteiger partial charge < -0.3 is 15.5 Å². The third-order valence-corrected chi connectivity index (χ3v) is 2.98. The molecule has 0 aliphatic carbocycles. The Morgan fingerprint density at radius 2 is 1.47 bits per heavy atom. The molecule has 0 saturated carbocycles. The van der Waals surface area contributed by atoms with Gasteiger partial charge in [-0.3, -0.25) is 4.79 Å². The van der Waals surface area contributed by atoms with Crippen molar-refractivity contribution in [3.05, 3.63) is 0 Å². The average molecular weight is 245 g/mol. The average Bonchev–Trinajstić information content (AvgIpc) is 2.43. The van der Waals surface area contributed by atoms with E-state index in [1.807, 2.05) is 34.7 Å². The molecule has 0 unspecified atom stereocenters. The molecule has 17 heavy (non-hydrogen) atoms. The van der Waals surface area contributed by atoms with E-state index in [0.29, 0.717) is 0 Å². The molecule has 0 radical (unpaired) electrons. The van der Waals surface area contributed by atoms with Crippen molar-refractivity contribution < 1.29 is 4.79 Å². The number of rotatable bonds is 2. The fourth-order valence-electron chi connectivity index (χ4n) is 1.83. The van der Waals surface area contributed by atoms with E-state index in [1.54, 1.807) is 7.05 Å². The number of piperidine rings is 1. The van der Waals surface area contributed by atoms with E-state index in [9.17, 15) is 4.79 Å². The SMILES string of the molecule is CC.CC.CNC(=O)C1(NC)CCN(C)CC1. The first-order valence-corrected chi connectivity index (χ1v) is 6.74. The summed E-state index contributed by atoms with van der Waals surface area (Å²) in [7, 11) is 5.64. The summed E-state index contributed by atoms with van der Waals surface area (Å²) in [4.78, 5) is 13.9. The molecule has 0 aromatic rings. The summed E-state index contributed by atoms with van der Waals surface area (Å²) in [5.41, 5.74) is -0.332. The Hall–Kier alpha value is -0.610. The van der Waals surface area contributed by atoms with Crippen molar-refractivity contribution in [1.82, 2.24) is 15.5 Å². The molecule has 1 aliphatic heterocycles. The lowest BCUT2D eigenvalue weighted by atomic mass is 9.87. The van der Waals surface area contributed by atoms with Gasteiger partial charge in [0.05, 0.1) is 5.54 Å². The number of amides is 1. The largest absolute Gasteiger partial charge is 0.358 e. The number of likely N-dealkylation sites (tertiary alicyclic amines) is 1. The van der Waals surface area contributed by atoms with Crippen LogP contribution in [0, 0.1) is 0 Å². The minimum absolute atomic E-state index is 0.114. The summed E-state index contributed by atoms with van der Waals surface area (Å²) in [6, 6.07) is 0. The maximum atomic E-state index is 11.6. The molecule has 1 heterocycles. The minimum Gasteiger partial charge on any atom is -0.358 e. The first kappa shape index (κ1) is 18.7. The Labute approximate surface area is 107 Å². The number of carbonyl (C=O) groups is 1. The molecular formula is C13H31N3O. The fourth-order valence-corrected chi connectivity index (χ4v) is 1.83. The van der Waals surface area contributed by atoms with E-state index < -0.39 is 0 Å². The molecule has 1 saturated heterocycles. The van der Waals surface area contributed by atoms with Crippen LogP contribution in [0.1, 0.15) is 40.5 Å². The number of carbonyl (C=O) groups excluding carboxylic acids is 1. The van der Waals surface area contributed by atoms with Crippen LogP contribution < -0.4 is 10.6 Å². The normalized spacial score (nSPS) is 18.1. The van der Waals surface area contributed by atoms with E-state index in [2.05, 4.69) is 22.6 Å². The van der Waals surface area contributed by atoms with Gasteiger partial charge in [0.1, 0.15) is 0 Å². The van der Waals surface area contributed by atoms with Crippen LogP contribution in [0.3, 0.4) is 0 Å². The molecule has 1 rings (SSSR count). The summed E-state index contributed by atoms with van der Waals surface area (Å²) in [5, 5.41) is 5.87. The van der Waals surface area contributed by atoms with Crippen molar-refractivity contribution in [3.8, 4) is 0 Å². The summed E-state index contributed by atoms with van der Waals surface area (Å²) >= 11 is 0. The highest BCUT2D eigenvalue weighted by Crippen LogP contribution is 2.20. The molecule has 1 fully saturated rings. The van der Waals surface area contributed by atoms with Crippen molar-refractivity contribution >= 4 is 5.91 Å². The summed E-state index contributed by atoms with van der Waals surface area (Å²) < 4.78 is 0. The number of hydrogen-bond acceptors (Lipinski definition) is 3. The summed E-state index contributed by atoms with van der Waals surface area (Å²) in [6.45, 7) is 9.96. The Morgan fingerprint density at radius 1 is 1.06 bits per heavy atom. The van der Waals surface area contributed by atoms with E-state index in [4.69, 9.17) is 0 Å². The molecular weight excluding hydrogens is 214 g/mol. The molecule has 1 aliphatic rings. The van der Waals surface area contributed by atoms with Crippen LogP contribution >= 0.6 is 0 Å². The first-order chi connectivity index (χ1) is 8.14. The van der Waals surface area contributed by atoms with Gasteiger partial charge in [-0.25, -0.2) is 0 Å². The van der Waals surface area contributed by atoms with Crippen molar-refractivity contribution in [1.29, 1.82) is 0 Å². The van der Waals surface area contributed by atoms with Gasteiger partial charge in [0.15, 0.2) is 0 Å². The molecule has 4 nitrogen and oxygen atoms in total. The third-order valence-electron chi connectivity index (χ3n) is 2.98. The van der Waals surface area contributed by atoms with Gasteiger partial charge in [-0.1, -0.05) is 27.7 Å². The van der Waals surface area contributed by atoms with Gasteiger partial charge in [0.2, 0.25) is 5.91 Å². The van der Waals surface area contributed by atoms with Crippen molar-refractivity contribution in [2.75, 3.05) is 34.2 Å². The Bertz CT molecular complexity index is 187. The second-order valence-corrected chi connectivity index (χ2v) is 3.71. The molecule has 1 amide bonds. The van der Waals surface area contributed by atoms with Crippen LogP contribution in [0.4, 0.5) is 0 Å². The predicted molar refractivity (Wildman–Crippen MR) is 75.3 cm³/mol. The monoisotopic (exact) mass is 245 g/mol. The highest BCUT2D eigenvalue weighted by Gasteiger charge is 2.38. The summed E-state index contributed by atoms with van der Waals surface area (Å²) in [5.74, 6) is 0.114. The maximum absolute atomic E-state index is 11.6. The first-order valence-electron chi connectivity index (χ1n) is 6.74. The number of hydrogen-bond donors (Lipinski definition) is 2. The zero-order valence-electron chi connectivity index (χ0n) is 12.7. The molecule has 0 atom stereocenters. The molecule has 0 aromatic heterocycles. The highest BCUT2D eigenvalue weighted by atomic mass is 16.2. The van der Waals surface area contributed by atoms with Gasteiger partial charge in [0.25, 0.3) is 0 Å². The van der Waals surface area contributed by atoms with Crippen LogP contribution in [-0.4, -0.2) is 50.6 Å². The molecule has 4 heteroatoms. The standard InChI is InChI=1S/C9H19N3O.2C2H6/c1-10-8(13)9(11-2)4-6-12(3)7-5-9;2*1-2/h11H,4-7H2,1-3H3,(H,10,13);2*1-2H3. The molecule has 0 spiro atoms. The molecule has 0 aromatic carbocycles. The minimum atomic E-state index is -0.332. The van der Waals surface area contributed by atoms with E-state index in [0.717, 1.165) is 25.9 Å². The van der Waals surface area contributed by atoms with Crippen LogP contribution in [0.2, 0.25) is 0 Å². The van der Waals surface area contributed by atoms with Crippen molar-refractivity contribution in [2.24, 2.45) is 0 Å². The highest BCUT2D eigenvalue weighted by molar-refractivity contribution is 5.86. The van der Waals surface area contributed by atoms with E-state index in [-0.39, 0.29) is 11.4 Å². The quantitative estimate of drug-likeness (QED) is 0.774. The molecule has 2 N–H and O–H groups in total. The number of nitrogens with one attached hydrogen (secondary N) is 2. The van der Waals surface area contributed by atoms with Crippen LogP contribution in [0.25, 0.3) is 0 Å².